The van der Waals surface area contributed by atoms with Crippen LogP contribution in [0.1, 0.15) is 0 Å². The molecule has 2 N–H and O–H groups in total. The molecule has 0 fully saturated rings. The predicted molar refractivity (Wildman–Crippen MR) is 52.7 cm³/mol. The van der Waals surface area contributed by atoms with Crippen LogP contribution in [0.2, 0.25) is 5.02 Å². The third kappa shape index (κ3) is 1.25. The number of aromatic nitrogens is 3. The maximum absolute atomic E-state index is 5.79. The monoisotopic (exact) mass is 248 g/mol. The Kier molecular flexibility index (Phi) is 2.54. The summed E-state index contributed by atoms with van der Waals surface area (Å²) in [7, 11) is 0. The number of hydrogen-bond acceptors (Lipinski definition) is 3. The van der Waals surface area contributed by atoms with E-state index in [0.29, 0.717) is 16.6 Å². The SMILES string of the molecule is Br.Nc1nnc2c(Cl)cccn12. The lowest BCUT2D eigenvalue weighted by molar-refractivity contribution is 1.12. The molecule has 2 heterocycles. The van der Waals surface area contributed by atoms with Crippen LogP contribution in [0.25, 0.3) is 5.65 Å². The van der Waals surface area contributed by atoms with Crippen LogP contribution in [0.4, 0.5) is 5.95 Å². The van der Waals surface area contributed by atoms with Crippen LogP contribution in [0.15, 0.2) is 18.3 Å². The van der Waals surface area contributed by atoms with Crippen molar-refractivity contribution in [1.82, 2.24) is 14.6 Å². The van der Waals surface area contributed by atoms with Crippen LogP contribution in [0.5, 0.6) is 0 Å². The zero-order valence-corrected chi connectivity index (χ0v) is 8.41. The summed E-state index contributed by atoms with van der Waals surface area (Å²) in [4.78, 5) is 0. The van der Waals surface area contributed by atoms with Gasteiger partial charge in [-0.25, -0.2) is 0 Å². The molecule has 2 aromatic rings. The molecule has 0 aromatic carbocycles. The van der Waals surface area contributed by atoms with E-state index >= 15 is 0 Å². The minimum absolute atomic E-state index is 0. The molecule has 12 heavy (non-hydrogen) atoms. The highest BCUT2D eigenvalue weighted by molar-refractivity contribution is 8.93. The second-order valence-corrected chi connectivity index (χ2v) is 2.52. The van der Waals surface area contributed by atoms with Gasteiger partial charge in [0.1, 0.15) is 0 Å². The topological polar surface area (TPSA) is 56.2 Å². The van der Waals surface area contributed by atoms with Crippen LogP contribution < -0.4 is 5.73 Å². The molecule has 0 aliphatic carbocycles. The van der Waals surface area contributed by atoms with Crippen molar-refractivity contribution in [3.8, 4) is 0 Å². The summed E-state index contributed by atoms with van der Waals surface area (Å²) >= 11 is 5.79. The maximum atomic E-state index is 5.79. The van der Waals surface area contributed by atoms with E-state index in [9.17, 15) is 0 Å². The Labute approximate surface area is 84.1 Å². The van der Waals surface area contributed by atoms with Gasteiger partial charge in [0.15, 0.2) is 5.65 Å². The minimum Gasteiger partial charge on any atom is -0.368 e. The molecule has 2 aromatic heterocycles. The summed E-state index contributed by atoms with van der Waals surface area (Å²) in [6.07, 6.45) is 1.76. The first-order valence-corrected chi connectivity index (χ1v) is 3.41. The van der Waals surface area contributed by atoms with Gasteiger partial charge in [-0.15, -0.1) is 27.2 Å². The Hall–Kier alpha value is -0.810. The van der Waals surface area contributed by atoms with Gasteiger partial charge >= 0.3 is 0 Å². The van der Waals surface area contributed by atoms with Crippen molar-refractivity contribution in [2.24, 2.45) is 0 Å². The fraction of sp³-hybridized carbons (Fsp3) is 0. The van der Waals surface area contributed by atoms with E-state index in [1.165, 1.54) is 0 Å². The van der Waals surface area contributed by atoms with Gasteiger partial charge in [-0.2, -0.15) is 0 Å². The maximum Gasteiger partial charge on any atom is 0.226 e. The van der Waals surface area contributed by atoms with E-state index < -0.39 is 0 Å². The largest absolute Gasteiger partial charge is 0.368 e. The zero-order chi connectivity index (χ0) is 7.84. The van der Waals surface area contributed by atoms with E-state index in [1.54, 1.807) is 22.7 Å². The molecule has 64 valence electrons. The number of nitrogen functional groups attached to an aromatic ring is 1. The lowest BCUT2D eigenvalue weighted by Crippen LogP contribution is -1.92. The molecule has 0 saturated carbocycles. The molecule has 0 saturated heterocycles. The number of fused-ring (bicyclic) bond motifs is 1. The third-order valence-corrected chi connectivity index (χ3v) is 1.71. The smallest absolute Gasteiger partial charge is 0.226 e. The summed E-state index contributed by atoms with van der Waals surface area (Å²) in [5, 5.41) is 7.99. The van der Waals surface area contributed by atoms with E-state index in [-0.39, 0.29) is 17.0 Å². The molecule has 0 amide bonds. The molecular formula is C6H6BrClN4. The van der Waals surface area contributed by atoms with E-state index in [4.69, 9.17) is 17.3 Å². The highest BCUT2D eigenvalue weighted by Gasteiger charge is 2.02. The highest BCUT2D eigenvalue weighted by Crippen LogP contribution is 2.15. The zero-order valence-electron chi connectivity index (χ0n) is 5.94. The molecule has 4 nitrogen and oxygen atoms in total. The summed E-state index contributed by atoms with van der Waals surface area (Å²) < 4.78 is 1.63. The van der Waals surface area contributed by atoms with Gasteiger partial charge in [0.2, 0.25) is 5.95 Å². The number of halogens is 2. The van der Waals surface area contributed by atoms with Crippen LogP contribution >= 0.6 is 28.6 Å². The molecule has 0 radical (unpaired) electrons. The number of hydrogen-bond donors (Lipinski definition) is 1. The van der Waals surface area contributed by atoms with Crippen LogP contribution in [0, 0.1) is 0 Å². The fourth-order valence-electron chi connectivity index (χ4n) is 0.901. The summed E-state index contributed by atoms with van der Waals surface area (Å²) in [6.45, 7) is 0. The summed E-state index contributed by atoms with van der Waals surface area (Å²) in [5.41, 5.74) is 6.07. The molecule has 2 rings (SSSR count). The van der Waals surface area contributed by atoms with Gasteiger partial charge in [-0.1, -0.05) is 11.6 Å². The Bertz CT molecular complexity index is 399. The third-order valence-electron chi connectivity index (χ3n) is 1.41. The molecule has 0 aliphatic rings. The first-order valence-electron chi connectivity index (χ1n) is 3.04. The molecule has 0 bridgehead atoms. The van der Waals surface area contributed by atoms with Gasteiger partial charge in [-0.05, 0) is 12.1 Å². The first-order chi connectivity index (χ1) is 5.29. The minimum atomic E-state index is 0. The number of nitrogens with two attached hydrogens (primary N) is 1. The second kappa shape index (κ2) is 3.28. The second-order valence-electron chi connectivity index (χ2n) is 2.11. The number of rotatable bonds is 0. The van der Waals surface area contributed by atoms with E-state index in [1.807, 2.05) is 0 Å². The molecular weight excluding hydrogens is 243 g/mol. The Morgan fingerprint density at radius 1 is 1.42 bits per heavy atom. The average molecular weight is 249 g/mol. The van der Waals surface area contributed by atoms with Gasteiger partial charge in [0.05, 0.1) is 5.02 Å². The Morgan fingerprint density at radius 2 is 2.17 bits per heavy atom. The first kappa shape index (κ1) is 9.28. The number of anilines is 1. The lowest BCUT2D eigenvalue weighted by Gasteiger charge is -1.93. The summed E-state index contributed by atoms with van der Waals surface area (Å²) in [5.74, 6) is 0.350. The van der Waals surface area contributed by atoms with Crippen LogP contribution in [-0.4, -0.2) is 14.6 Å². The molecule has 0 aliphatic heterocycles. The molecule has 0 atom stereocenters. The van der Waals surface area contributed by atoms with Crippen molar-refractivity contribution >= 4 is 40.2 Å². The molecule has 0 spiro atoms. The number of pyridine rings is 1. The average Bonchev–Trinajstić information content (AvgIpc) is 2.35. The van der Waals surface area contributed by atoms with Crippen molar-refractivity contribution in [2.75, 3.05) is 5.73 Å². The van der Waals surface area contributed by atoms with Crippen molar-refractivity contribution < 1.29 is 0 Å². The van der Waals surface area contributed by atoms with Crippen molar-refractivity contribution in [3.05, 3.63) is 23.4 Å². The Balaban J connectivity index is 0.000000720. The fourth-order valence-corrected chi connectivity index (χ4v) is 1.10. The Morgan fingerprint density at radius 3 is 2.83 bits per heavy atom. The lowest BCUT2D eigenvalue weighted by atomic mass is 10.5. The van der Waals surface area contributed by atoms with Gasteiger partial charge in [-0.3, -0.25) is 4.40 Å². The van der Waals surface area contributed by atoms with Crippen molar-refractivity contribution in [3.63, 3.8) is 0 Å². The van der Waals surface area contributed by atoms with Gasteiger partial charge in [0, 0.05) is 6.20 Å². The normalized spacial score (nSPS) is 9.75. The quantitative estimate of drug-likeness (QED) is 0.770. The number of nitrogens with zero attached hydrogens (tertiary/aromatic N) is 3. The van der Waals surface area contributed by atoms with E-state index in [2.05, 4.69) is 10.2 Å². The van der Waals surface area contributed by atoms with E-state index in [0.717, 1.165) is 0 Å². The van der Waals surface area contributed by atoms with Crippen molar-refractivity contribution in [1.29, 1.82) is 0 Å². The summed E-state index contributed by atoms with van der Waals surface area (Å²) in [6, 6.07) is 3.53. The standard InChI is InChI=1S/C6H5ClN4.BrH/c7-4-2-1-3-11-5(4)9-10-6(11)8;/h1-3H,(H2,8,10);1H. The van der Waals surface area contributed by atoms with Crippen LogP contribution in [-0.2, 0) is 0 Å². The molecule has 6 heteroatoms. The van der Waals surface area contributed by atoms with Crippen LogP contribution in [0.3, 0.4) is 0 Å². The highest BCUT2D eigenvalue weighted by atomic mass is 79.9. The van der Waals surface area contributed by atoms with Crippen molar-refractivity contribution in [2.45, 2.75) is 0 Å². The molecule has 0 unspecified atom stereocenters. The van der Waals surface area contributed by atoms with Gasteiger partial charge < -0.3 is 5.73 Å². The van der Waals surface area contributed by atoms with Gasteiger partial charge in [0.25, 0.3) is 0 Å². The predicted octanol–water partition coefficient (Wildman–Crippen LogP) is 1.54.